The average molecular weight is 332 g/mol. The minimum absolute atomic E-state index is 0.167. The highest BCUT2D eigenvalue weighted by Crippen LogP contribution is 2.23. The lowest BCUT2D eigenvalue weighted by molar-refractivity contribution is 0.0756. The van der Waals surface area contributed by atoms with E-state index in [1.54, 1.807) is 17.0 Å². The van der Waals surface area contributed by atoms with E-state index >= 15 is 0 Å². The van der Waals surface area contributed by atoms with Crippen LogP contribution in [-0.4, -0.2) is 34.9 Å². The second kappa shape index (κ2) is 6.06. The van der Waals surface area contributed by atoms with Crippen LogP contribution in [0.3, 0.4) is 0 Å². The van der Waals surface area contributed by atoms with E-state index in [2.05, 4.69) is 22.9 Å². The van der Waals surface area contributed by atoms with Gasteiger partial charge in [0.1, 0.15) is 5.82 Å². The Balaban J connectivity index is 2.15. The van der Waals surface area contributed by atoms with E-state index in [0.29, 0.717) is 16.3 Å². The smallest absolute Gasteiger partial charge is 0.256 e. The molecule has 0 aliphatic carbocycles. The molecule has 0 N–H and O–H groups in total. The van der Waals surface area contributed by atoms with Gasteiger partial charge in [-0.15, -0.1) is 0 Å². The van der Waals surface area contributed by atoms with Crippen molar-refractivity contribution in [2.24, 2.45) is 0 Å². The molecule has 0 radical (unpaired) electrons. The van der Waals surface area contributed by atoms with Crippen molar-refractivity contribution in [3.05, 3.63) is 34.1 Å². The number of carbonyl (C=O) groups is 1. The summed E-state index contributed by atoms with van der Waals surface area (Å²) >= 11 is 5.08. The summed E-state index contributed by atoms with van der Waals surface area (Å²) in [6.45, 7) is 3.54. The lowest BCUT2D eigenvalue weighted by Gasteiger charge is -2.32. The second-order valence-electron chi connectivity index (χ2n) is 4.28. The predicted molar refractivity (Wildman–Crippen MR) is 76.5 cm³/mol. The van der Waals surface area contributed by atoms with Gasteiger partial charge in [-0.05, 0) is 24.6 Å². The Morgan fingerprint density at radius 2 is 2.39 bits per heavy atom. The van der Waals surface area contributed by atoms with Crippen molar-refractivity contribution in [2.45, 2.75) is 18.6 Å². The van der Waals surface area contributed by atoms with Crippen molar-refractivity contribution < 1.29 is 9.18 Å². The van der Waals surface area contributed by atoms with Crippen LogP contribution in [0.15, 0.2) is 22.7 Å². The van der Waals surface area contributed by atoms with Crippen molar-refractivity contribution in [1.82, 2.24) is 4.90 Å². The van der Waals surface area contributed by atoms with E-state index in [1.165, 1.54) is 6.07 Å². The molecular formula is C13H15BrFNOS. The number of thioether (sulfide) groups is 1. The summed E-state index contributed by atoms with van der Waals surface area (Å²) in [7, 11) is 0. The van der Waals surface area contributed by atoms with Gasteiger partial charge in [-0.2, -0.15) is 11.8 Å². The van der Waals surface area contributed by atoms with Crippen LogP contribution in [0, 0.1) is 5.82 Å². The first-order chi connectivity index (χ1) is 8.61. The third-order valence-electron chi connectivity index (χ3n) is 3.04. The van der Waals surface area contributed by atoms with Crippen LogP contribution in [0.5, 0.6) is 0 Å². The van der Waals surface area contributed by atoms with Crippen LogP contribution in [0.1, 0.15) is 23.7 Å². The van der Waals surface area contributed by atoms with E-state index in [4.69, 9.17) is 0 Å². The number of benzene rings is 1. The third-order valence-corrected chi connectivity index (χ3v) is 4.91. The molecule has 1 aliphatic rings. The molecule has 1 saturated heterocycles. The second-order valence-corrected chi connectivity index (χ2v) is 6.60. The van der Waals surface area contributed by atoms with Gasteiger partial charge in [0.15, 0.2) is 0 Å². The normalized spacial score (nSPS) is 19.9. The Morgan fingerprint density at radius 3 is 3.06 bits per heavy atom. The van der Waals surface area contributed by atoms with E-state index in [0.717, 1.165) is 18.7 Å². The largest absolute Gasteiger partial charge is 0.337 e. The van der Waals surface area contributed by atoms with Crippen molar-refractivity contribution in [2.75, 3.05) is 18.8 Å². The van der Waals surface area contributed by atoms with E-state index in [9.17, 15) is 9.18 Å². The van der Waals surface area contributed by atoms with Gasteiger partial charge in [-0.3, -0.25) is 4.79 Å². The Kier molecular flexibility index (Phi) is 4.67. The molecule has 0 bridgehead atoms. The molecule has 98 valence electrons. The number of halogens is 2. The fourth-order valence-electron chi connectivity index (χ4n) is 1.98. The molecule has 2 rings (SSSR count). The van der Waals surface area contributed by atoms with Gasteiger partial charge in [0, 0.05) is 28.6 Å². The molecule has 1 amide bonds. The molecular weight excluding hydrogens is 317 g/mol. The van der Waals surface area contributed by atoms with E-state index in [1.807, 2.05) is 11.8 Å². The number of hydrogen-bond donors (Lipinski definition) is 0. The van der Waals surface area contributed by atoms with Gasteiger partial charge in [-0.25, -0.2) is 4.39 Å². The first kappa shape index (κ1) is 13.9. The van der Waals surface area contributed by atoms with E-state index in [-0.39, 0.29) is 11.5 Å². The number of rotatable bonds is 2. The fraction of sp³-hybridized carbons (Fsp3) is 0.462. The van der Waals surface area contributed by atoms with Crippen LogP contribution in [0.2, 0.25) is 0 Å². The molecule has 0 saturated carbocycles. The molecule has 1 aromatic rings. The zero-order valence-corrected chi connectivity index (χ0v) is 12.6. The summed E-state index contributed by atoms with van der Waals surface area (Å²) in [5.74, 6) is 0.280. The predicted octanol–water partition coefficient (Wildman–Crippen LogP) is 3.56. The molecule has 0 aromatic heterocycles. The molecule has 1 heterocycles. The summed E-state index contributed by atoms with van der Waals surface area (Å²) in [4.78, 5) is 14.0. The van der Waals surface area contributed by atoms with Crippen molar-refractivity contribution in [1.29, 1.82) is 0 Å². The number of hydrogen-bond acceptors (Lipinski definition) is 2. The summed E-state index contributed by atoms with van der Waals surface area (Å²) in [5, 5.41) is 0.473. The summed E-state index contributed by atoms with van der Waals surface area (Å²) in [5.41, 5.74) is 0.167. The van der Waals surface area contributed by atoms with Crippen molar-refractivity contribution in [3.8, 4) is 0 Å². The zero-order valence-electron chi connectivity index (χ0n) is 10.2. The Bertz CT molecular complexity index is 455. The van der Waals surface area contributed by atoms with Crippen molar-refractivity contribution >= 4 is 33.6 Å². The third kappa shape index (κ3) is 3.06. The van der Waals surface area contributed by atoms with Crippen LogP contribution in [0.4, 0.5) is 4.39 Å². The maximum Gasteiger partial charge on any atom is 0.256 e. The van der Waals surface area contributed by atoms with Gasteiger partial charge < -0.3 is 4.90 Å². The number of amides is 1. The lowest BCUT2D eigenvalue weighted by Crippen LogP contribution is -2.42. The van der Waals surface area contributed by atoms with Gasteiger partial charge in [-0.1, -0.05) is 22.9 Å². The molecule has 2 nitrogen and oxygen atoms in total. The highest BCUT2D eigenvalue weighted by Gasteiger charge is 2.25. The minimum atomic E-state index is -0.458. The van der Waals surface area contributed by atoms with Gasteiger partial charge >= 0.3 is 0 Å². The maximum absolute atomic E-state index is 13.8. The summed E-state index contributed by atoms with van der Waals surface area (Å²) < 4.78 is 14.4. The summed E-state index contributed by atoms with van der Waals surface area (Å²) in [6, 6.07) is 4.58. The lowest BCUT2D eigenvalue weighted by atomic mass is 10.1. The first-order valence-electron chi connectivity index (χ1n) is 5.97. The minimum Gasteiger partial charge on any atom is -0.337 e. The number of carbonyl (C=O) groups excluding carboxylic acids is 1. The maximum atomic E-state index is 13.8. The molecule has 5 heteroatoms. The monoisotopic (exact) mass is 331 g/mol. The average Bonchev–Trinajstić information content (AvgIpc) is 2.38. The molecule has 1 fully saturated rings. The van der Waals surface area contributed by atoms with E-state index < -0.39 is 5.82 Å². The molecule has 1 aromatic carbocycles. The Hall–Kier alpha value is -0.550. The fourth-order valence-corrected chi connectivity index (χ4v) is 3.50. The standard InChI is InChI=1S/C13H15BrFNOS/c1-2-10-8-16(5-6-18-10)13(17)11-4-3-9(14)7-12(11)15/h3-4,7,10H,2,5-6,8H2,1H3. The molecule has 1 atom stereocenters. The first-order valence-corrected chi connectivity index (χ1v) is 7.82. The van der Waals surface area contributed by atoms with Crippen LogP contribution < -0.4 is 0 Å². The van der Waals surface area contributed by atoms with Gasteiger partial charge in [0.2, 0.25) is 0 Å². The SMILES string of the molecule is CCC1CN(C(=O)c2ccc(Br)cc2F)CCS1. The van der Waals surface area contributed by atoms with Gasteiger partial charge in [0.05, 0.1) is 5.56 Å². The molecule has 1 aliphatic heterocycles. The van der Waals surface area contributed by atoms with Crippen molar-refractivity contribution in [3.63, 3.8) is 0 Å². The Labute approximate surface area is 119 Å². The topological polar surface area (TPSA) is 20.3 Å². The Morgan fingerprint density at radius 1 is 1.61 bits per heavy atom. The van der Waals surface area contributed by atoms with Gasteiger partial charge in [0.25, 0.3) is 5.91 Å². The summed E-state index contributed by atoms with van der Waals surface area (Å²) in [6.07, 6.45) is 1.04. The van der Waals surface area contributed by atoms with Crippen LogP contribution >= 0.6 is 27.7 Å². The molecule has 0 spiro atoms. The zero-order chi connectivity index (χ0) is 13.1. The quantitative estimate of drug-likeness (QED) is 0.825. The van der Waals surface area contributed by atoms with Crippen LogP contribution in [-0.2, 0) is 0 Å². The number of nitrogens with zero attached hydrogens (tertiary/aromatic N) is 1. The highest BCUT2D eigenvalue weighted by atomic mass is 79.9. The van der Waals surface area contributed by atoms with Crippen LogP contribution in [0.25, 0.3) is 0 Å². The molecule has 1 unspecified atom stereocenters. The molecule has 18 heavy (non-hydrogen) atoms. The highest BCUT2D eigenvalue weighted by molar-refractivity contribution is 9.10.